The van der Waals surface area contributed by atoms with Gasteiger partial charge in [-0.25, -0.2) is 0 Å². The van der Waals surface area contributed by atoms with E-state index in [1.807, 2.05) is 61.5 Å². The van der Waals surface area contributed by atoms with E-state index in [0.717, 1.165) is 11.1 Å². The first-order valence-electron chi connectivity index (χ1n) is 11.8. The van der Waals surface area contributed by atoms with Crippen molar-refractivity contribution in [3.8, 4) is 6.07 Å². The monoisotopic (exact) mass is 548 g/mol. The van der Waals surface area contributed by atoms with Gasteiger partial charge in [-0.3, -0.25) is 19.1 Å². The number of thiocarbonyl (C=S) groups is 1. The van der Waals surface area contributed by atoms with Crippen molar-refractivity contribution in [3.63, 3.8) is 0 Å². The van der Waals surface area contributed by atoms with Crippen LogP contribution in [0, 0.1) is 18.3 Å². The number of hydrogen-bond donors (Lipinski definition) is 1. The van der Waals surface area contributed by atoms with E-state index in [2.05, 4.69) is 5.32 Å². The molecule has 0 atom stereocenters. The number of benzene rings is 2. The number of aromatic nitrogens is 1. The minimum absolute atomic E-state index is 0.0518. The molecule has 1 N–H and O–H groups in total. The second-order valence-electron chi connectivity index (χ2n) is 8.44. The van der Waals surface area contributed by atoms with Gasteiger partial charge in [0.25, 0.3) is 11.5 Å². The number of rotatable bonds is 8. The lowest BCUT2D eigenvalue weighted by Crippen LogP contribution is -2.30. The summed E-state index contributed by atoms with van der Waals surface area (Å²) >= 11 is 13.1. The van der Waals surface area contributed by atoms with Gasteiger partial charge >= 0.3 is 0 Å². The number of halogens is 1. The number of hydrogen-bond acceptors (Lipinski definition) is 6. The van der Waals surface area contributed by atoms with Crippen LogP contribution < -0.4 is 10.9 Å². The molecule has 0 radical (unpaired) electrons. The molecule has 1 aliphatic rings. The predicted molar refractivity (Wildman–Crippen MR) is 155 cm³/mol. The molecular weight excluding hydrogens is 524 g/mol. The molecule has 1 aromatic heterocycles. The van der Waals surface area contributed by atoms with Gasteiger partial charge in [0.2, 0.25) is 0 Å². The molecule has 3 aromatic rings. The maximum atomic E-state index is 13.3. The van der Waals surface area contributed by atoms with E-state index in [4.69, 9.17) is 23.8 Å². The molecule has 2 heterocycles. The number of anilines is 1. The van der Waals surface area contributed by atoms with Gasteiger partial charge in [0, 0.05) is 30.2 Å². The van der Waals surface area contributed by atoms with E-state index in [0.29, 0.717) is 57.2 Å². The summed E-state index contributed by atoms with van der Waals surface area (Å²) in [6, 6.07) is 19.4. The molecule has 1 fully saturated rings. The molecule has 0 saturated carbocycles. The molecule has 6 nitrogen and oxygen atoms in total. The Kier molecular flexibility index (Phi) is 8.49. The molecular formula is C28H25ClN4O2S2. The van der Waals surface area contributed by atoms with Gasteiger partial charge in [-0.1, -0.05) is 84.1 Å². The molecule has 1 saturated heterocycles. The number of nitrogens with one attached hydrogen (secondary N) is 1. The Hall–Kier alpha value is -3.38. The maximum Gasteiger partial charge on any atom is 0.270 e. The number of carbonyl (C=O) groups excluding carboxylic acids is 1. The highest BCUT2D eigenvalue weighted by molar-refractivity contribution is 8.26. The van der Waals surface area contributed by atoms with Gasteiger partial charge in [0.05, 0.1) is 4.91 Å². The average Bonchev–Trinajstić information content (AvgIpc) is 3.16. The van der Waals surface area contributed by atoms with Crippen molar-refractivity contribution in [1.29, 1.82) is 5.26 Å². The van der Waals surface area contributed by atoms with Crippen molar-refractivity contribution in [3.05, 3.63) is 103 Å². The van der Waals surface area contributed by atoms with E-state index >= 15 is 0 Å². The van der Waals surface area contributed by atoms with Crippen molar-refractivity contribution in [1.82, 2.24) is 9.47 Å². The fraction of sp³-hybridized carbons (Fsp3) is 0.214. The van der Waals surface area contributed by atoms with Crippen LogP contribution in [-0.2, 0) is 24.3 Å². The summed E-state index contributed by atoms with van der Waals surface area (Å²) in [4.78, 5) is 28.5. The van der Waals surface area contributed by atoms with Crippen molar-refractivity contribution in [2.24, 2.45) is 0 Å². The minimum atomic E-state index is -0.378. The van der Waals surface area contributed by atoms with Crippen molar-refractivity contribution in [2.45, 2.75) is 33.4 Å². The smallest absolute Gasteiger partial charge is 0.270 e. The SMILES string of the molecule is CCn1c(NCc2ccccc2Cl)c(/C=C2/SC(=S)N(CCc3ccccc3)C2=O)c(C)c(C#N)c1=O. The molecule has 37 heavy (non-hydrogen) atoms. The number of nitriles is 1. The highest BCUT2D eigenvalue weighted by atomic mass is 35.5. The quantitative estimate of drug-likeness (QED) is 0.285. The van der Waals surface area contributed by atoms with Gasteiger partial charge in [-0.2, -0.15) is 5.26 Å². The van der Waals surface area contributed by atoms with Crippen LogP contribution in [0.15, 0.2) is 64.3 Å². The van der Waals surface area contributed by atoms with Gasteiger partial charge < -0.3 is 5.32 Å². The molecule has 0 aliphatic carbocycles. The number of pyridine rings is 1. The summed E-state index contributed by atoms with van der Waals surface area (Å²) in [5, 5.41) is 13.7. The van der Waals surface area contributed by atoms with Crippen LogP contribution in [0.2, 0.25) is 5.02 Å². The molecule has 0 unspecified atom stereocenters. The van der Waals surface area contributed by atoms with Crippen LogP contribution in [0.25, 0.3) is 6.08 Å². The summed E-state index contributed by atoms with van der Waals surface area (Å²) in [6.45, 7) is 4.75. The van der Waals surface area contributed by atoms with E-state index in [-0.39, 0.29) is 17.0 Å². The number of nitrogens with zero attached hydrogens (tertiary/aromatic N) is 3. The lowest BCUT2D eigenvalue weighted by Gasteiger charge is -2.20. The van der Waals surface area contributed by atoms with Gasteiger partial charge in [0.1, 0.15) is 21.8 Å². The van der Waals surface area contributed by atoms with Crippen molar-refractivity contribution < 1.29 is 4.79 Å². The Bertz CT molecular complexity index is 1490. The maximum absolute atomic E-state index is 13.3. The lowest BCUT2D eigenvalue weighted by atomic mass is 10.0. The van der Waals surface area contributed by atoms with Gasteiger partial charge in [-0.05, 0) is 49.1 Å². The first-order chi connectivity index (χ1) is 17.8. The van der Waals surface area contributed by atoms with Crippen LogP contribution in [-0.4, -0.2) is 26.2 Å². The minimum Gasteiger partial charge on any atom is -0.367 e. The zero-order valence-electron chi connectivity index (χ0n) is 20.5. The summed E-state index contributed by atoms with van der Waals surface area (Å²) in [5.41, 5.74) is 2.77. The molecule has 9 heteroatoms. The molecule has 4 rings (SSSR count). The van der Waals surface area contributed by atoms with E-state index in [1.54, 1.807) is 24.0 Å². The number of amides is 1. The van der Waals surface area contributed by atoms with Gasteiger partial charge in [-0.15, -0.1) is 0 Å². The zero-order chi connectivity index (χ0) is 26.5. The fourth-order valence-corrected chi connectivity index (χ4v) is 5.68. The van der Waals surface area contributed by atoms with E-state index < -0.39 is 0 Å². The second kappa shape index (κ2) is 11.8. The molecule has 0 spiro atoms. The third-order valence-corrected chi connectivity index (χ3v) is 7.96. The third kappa shape index (κ3) is 5.64. The Labute approximate surface area is 230 Å². The van der Waals surface area contributed by atoms with Crippen LogP contribution in [0.3, 0.4) is 0 Å². The highest BCUT2D eigenvalue weighted by Crippen LogP contribution is 2.35. The molecule has 0 bridgehead atoms. The summed E-state index contributed by atoms with van der Waals surface area (Å²) in [6.07, 6.45) is 2.42. The Morgan fingerprint density at radius 3 is 2.51 bits per heavy atom. The van der Waals surface area contributed by atoms with Crippen LogP contribution in [0.1, 0.15) is 34.7 Å². The number of thioether (sulfide) groups is 1. The summed E-state index contributed by atoms with van der Waals surface area (Å²) in [7, 11) is 0. The lowest BCUT2D eigenvalue weighted by molar-refractivity contribution is -0.122. The Morgan fingerprint density at radius 2 is 1.84 bits per heavy atom. The van der Waals surface area contributed by atoms with Gasteiger partial charge in [0.15, 0.2) is 0 Å². The largest absolute Gasteiger partial charge is 0.367 e. The molecule has 188 valence electrons. The topological polar surface area (TPSA) is 78.1 Å². The number of carbonyl (C=O) groups is 1. The molecule has 1 aliphatic heterocycles. The van der Waals surface area contributed by atoms with Crippen molar-refractivity contribution in [2.75, 3.05) is 11.9 Å². The van der Waals surface area contributed by atoms with E-state index in [1.165, 1.54) is 16.3 Å². The first kappa shape index (κ1) is 26.7. The van der Waals surface area contributed by atoms with E-state index in [9.17, 15) is 14.9 Å². The average molecular weight is 549 g/mol. The highest BCUT2D eigenvalue weighted by Gasteiger charge is 2.32. The fourth-order valence-electron chi connectivity index (χ4n) is 4.19. The Balaban J connectivity index is 1.71. The normalized spacial score (nSPS) is 14.3. The standard InChI is InChI=1S/C28H25ClN4O2S2/c1-3-32-25(31-17-20-11-7-8-12-23(20)29)21(18(2)22(16-30)26(32)34)15-24-27(35)33(28(36)37-24)14-13-19-9-5-4-6-10-19/h4-12,15,31H,3,13-14,17H2,1-2H3/b24-15+. The van der Waals surface area contributed by atoms with Crippen LogP contribution in [0.5, 0.6) is 0 Å². The summed E-state index contributed by atoms with van der Waals surface area (Å²) in [5.74, 6) is 0.341. The predicted octanol–water partition coefficient (Wildman–Crippen LogP) is 5.76. The second-order valence-corrected chi connectivity index (χ2v) is 10.5. The molecule has 2 aromatic carbocycles. The first-order valence-corrected chi connectivity index (χ1v) is 13.4. The van der Waals surface area contributed by atoms with Crippen LogP contribution >= 0.6 is 35.6 Å². The summed E-state index contributed by atoms with van der Waals surface area (Å²) < 4.78 is 2.00. The zero-order valence-corrected chi connectivity index (χ0v) is 22.8. The molecule has 1 amide bonds. The van der Waals surface area contributed by atoms with Crippen molar-refractivity contribution >= 4 is 57.7 Å². The Morgan fingerprint density at radius 1 is 1.14 bits per heavy atom. The van der Waals surface area contributed by atoms with Crippen LogP contribution in [0.4, 0.5) is 5.82 Å². The third-order valence-electron chi connectivity index (χ3n) is 6.21.